The van der Waals surface area contributed by atoms with Gasteiger partial charge in [0.1, 0.15) is 24.4 Å². The van der Waals surface area contributed by atoms with Crippen molar-refractivity contribution in [3.05, 3.63) is 36.4 Å². The van der Waals surface area contributed by atoms with Crippen molar-refractivity contribution in [2.24, 2.45) is 0 Å². The number of hydrogen-bond donors (Lipinski definition) is 6. The van der Waals surface area contributed by atoms with Gasteiger partial charge in [-0.25, -0.2) is 13.1 Å². The molecule has 0 spiro atoms. The second-order valence-electron chi connectivity index (χ2n) is 8.40. The molecule has 1 aliphatic rings. The Balaban J connectivity index is 1.76. The molecule has 13 heteroatoms. The van der Waals surface area contributed by atoms with E-state index in [1.807, 2.05) is 25.1 Å². The lowest BCUT2D eigenvalue weighted by Gasteiger charge is -2.42. The van der Waals surface area contributed by atoms with Crippen molar-refractivity contribution < 1.29 is 38.1 Å². The minimum Gasteiger partial charge on any atom is -0.394 e. The average Bonchev–Trinajstić information content (AvgIpc) is 2.81. The number of aliphatic hydroxyl groups excluding tert-OH is 3. The third-order valence-electron chi connectivity index (χ3n) is 5.65. The molecule has 0 aromatic heterocycles. The monoisotopic (exact) mass is 510 g/mol. The summed E-state index contributed by atoms with van der Waals surface area (Å²) in [5.41, 5.74) is 0.829. The molecule has 1 heterocycles. The van der Waals surface area contributed by atoms with Crippen LogP contribution in [0.25, 0.3) is 10.8 Å². The SMILES string of the molecule is CC(=O)N[C@@H]1[C@@H](O)[C@H](O)[C@@H](CO)O[C@H]1NC(=O)CNS(=O)(=O)c1cccc2c(N(C)C)cccc12. The van der Waals surface area contributed by atoms with Crippen LogP contribution in [-0.4, -0.2) is 93.4 Å². The third-order valence-corrected chi connectivity index (χ3v) is 7.11. The van der Waals surface area contributed by atoms with Crippen LogP contribution >= 0.6 is 0 Å². The van der Waals surface area contributed by atoms with E-state index in [0.717, 1.165) is 11.1 Å². The first kappa shape index (κ1) is 26.8. The normalized spacial score (nSPS) is 24.7. The predicted molar refractivity (Wildman–Crippen MR) is 127 cm³/mol. The molecule has 2 aromatic rings. The molecule has 1 fully saturated rings. The standard InChI is InChI=1S/C22H30N4O8S/c1-12(28)24-19-21(31)20(30)16(11-27)34-22(19)25-18(29)10-23-35(32,33)17-9-5-6-13-14(17)7-4-8-15(13)26(2)3/h4-9,16,19-23,27,30-31H,10-11H2,1-3H3,(H,24,28)(H,25,29)/t16-,19-,20-,21-,22-/m1/s1. The number of nitrogens with zero attached hydrogens (tertiary/aromatic N) is 1. The highest BCUT2D eigenvalue weighted by Gasteiger charge is 2.45. The first-order valence-electron chi connectivity index (χ1n) is 10.8. The summed E-state index contributed by atoms with van der Waals surface area (Å²) in [5.74, 6) is -1.37. The third kappa shape index (κ3) is 5.89. The Kier molecular flexibility index (Phi) is 8.30. The van der Waals surface area contributed by atoms with Crippen molar-refractivity contribution in [2.45, 2.75) is 42.4 Å². The first-order chi connectivity index (χ1) is 16.5. The number of fused-ring (bicyclic) bond motifs is 1. The van der Waals surface area contributed by atoms with Gasteiger partial charge < -0.3 is 35.6 Å². The van der Waals surface area contributed by atoms with Crippen LogP contribution in [0, 0.1) is 0 Å². The second-order valence-corrected chi connectivity index (χ2v) is 10.1. The van der Waals surface area contributed by atoms with E-state index in [-0.39, 0.29) is 4.90 Å². The fourth-order valence-electron chi connectivity index (χ4n) is 3.97. The van der Waals surface area contributed by atoms with Gasteiger partial charge in [-0.2, -0.15) is 0 Å². The highest BCUT2D eigenvalue weighted by Crippen LogP contribution is 2.30. The van der Waals surface area contributed by atoms with E-state index < -0.39 is 65.6 Å². The lowest BCUT2D eigenvalue weighted by Crippen LogP contribution is -2.68. The Labute approximate surface area is 202 Å². The minimum absolute atomic E-state index is 0.00423. The van der Waals surface area contributed by atoms with E-state index in [1.54, 1.807) is 24.3 Å². The topological polar surface area (TPSA) is 178 Å². The Morgan fingerprint density at radius 1 is 1.03 bits per heavy atom. The zero-order chi connectivity index (χ0) is 25.9. The number of rotatable bonds is 8. The van der Waals surface area contributed by atoms with E-state index >= 15 is 0 Å². The number of carbonyl (C=O) groups excluding carboxylic acids is 2. The van der Waals surface area contributed by atoms with Gasteiger partial charge in [0.15, 0.2) is 6.23 Å². The van der Waals surface area contributed by atoms with E-state index in [4.69, 9.17) is 4.74 Å². The van der Waals surface area contributed by atoms with E-state index in [0.29, 0.717) is 5.39 Å². The lowest BCUT2D eigenvalue weighted by molar-refractivity contribution is -0.203. The smallest absolute Gasteiger partial charge is 0.241 e. The van der Waals surface area contributed by atoms with Crippen LogP contribution in [0.3, 0.4) is 0 Å². The van der Waals surface area contributed by atoms with Gasteiger partial charge >= 0.3 is 0 Å². The Morgan fingerprint density at radius 2 is 1.69 bits per heavy atom. The van der Waals surface area contributed by atoms with Gasteiger partial charge in [-0.05, 0) is 12.1 Å². The van der Waals surface area contributed by atoms with Crippen molar-refractivity contribution in [2.75, 3.05) is 32.1 Å². The van der Waals surface area contributed by atoms with Crippen LogP contribution in [0.2, 0.25) is 0 Å². The van der Waals surface area contributed by atoms with Gasteiger partial charge in [-0.1, -0.05) is 24.3 Å². The maximum Gasteiger partial charge on any atom is 0.241 e. The summed E-state index contributed by atoms with van der Waals surface area (Å²) < 4.78 is 33.7. The molecular weight excluding hydrogens is 480 g/mol. The van der Waals surface area contributed by atoms with Crippen LogP contribution in [0.5, 0.6) is 0 Å². The molecular formula is C22H30N4O8S. The number of aliphatic hydroxyl groups is 3. The van der Waals surface area contributed by atoms with Crippen molar-refractivity contribution in [3.63, 3.8) is 0 Å². The molecule has 2 amide bonds. The van der Waals surface area contributed by atoms with E-state index in [2.05, 4.69) is 15.4 Å². The van der Waals surface area contributed by atoms with Crippen LogP contribution in [0.4, 0.5) is 5.69 Å². The number of benzene rings is 2. The number of ether oxygens (including phenoxy) is 1. The minimum atomic E-state index is -4.10. The zero-order valence-corrected chi connectivity index (χ0v) is 20.3. The summed E-state index contributed by atoms with van der Waals surface area (Å²) in [4.78, 5) is 25.9. The highest BCUT2D eigenvalue weighted by atomic mass is 32.2. The summed E-state index contributed by atoms with van der Waals surface area (Å²) in [6.45, 7) is -0.142. The van der Waals surface area contributed by atoms with E-state index in [9.17, 15) is 33.3 Å². The van der Waals surface area contributed by atoms with Crippen molar-refractivity contribution in [1.29, 1.82) is 0 Å². The largest absolute Gasteiger partial charge is 0.394 e. The van der Waals surface area contributed by atoms with Crippen LogP contribution in [-0.2, 0) is 24.3 Å². The summed E-state index contributed by atoms with van der Waals surface area (Å²) in [6, 6.07) is 8.89. The predicted octanol–water partition coefficient (Wildman–Crippen LogP) is -1.76. The quantitative estimate of drug-likeness (QED) is 0.240. The summed E-state index contributed by atoms with van der Waals surface area (Å²) in [7, 11) is -0.413. The molecule has 0 radical (unpaired) electrons. The second kappa shape index (κ2) is 10.8. The first-order valence-corrected chi connectivity index (χ1v) is 12.3. The highest BCUT2D eigenvalue weighted by molar-refractivity contribution is 7.89. The molecule has 0 aliphatic carbocycles. The molecule has 0 saturated carbocycles. The fourth-order valence-corrected chi connectivity index (χ4v) is 5.17. The number of carbonyl (C=O) groups is 2. The number of hydrogen-bond acceptors (Lipinski definition) is 9. The zero-order valence-electron chi connectivity index (χ0n) is 19.5. The number of sulfonamides is 1. The van der Waals surface area contributed by atoms with Crippen LogP contribution in [0.1, 0.15) is 6.92 Å². The summed E-state index contributed by atoms with van der Waals surface area (Å²) >= 11 is 0. The van der Waals surface area contributed by atoms with Crippen LogP contribution in [0.15, 0.2) is 41.3 Å². The molecule has 12 nitrogen and oxygen atoms in total. The molecule has 1 saturated heterocycles. The number of nitrogens with one attached hydrogen (secondary N) is 3. The van der Waals surface area contributed by atoms with Crippen LogP contribution < -0.4 is 20.3 Å². The molecule has 1 aliphatic heterocycles. The Hall–Kier alpha value is -2.81. The van der Waals surface area contributed by atoms with Crippen molar-refractivity contribution in [3.8, 4) is 0 Å². The molecule has 5 atom stereocenters. The Bertz CT molecular complexity index is 1190. The maximum absolute atomic E-state index is 13.0. The lowest BCUT2D eigenvalue weighted by atomic mass is 9.96. The van der Waals surface area contributed by atoms with E-state index in [1.165, 1.54) is 13.0 Å². The molecule has 192 valence electrons. The molecule has 3 rings (SSSR count). The summed E-state index contributed by atoms with van der Waals surface area (Å²) in [5, 5.41) is 35.7. The van der Waals surface area contributed by atoms with Gasteiger partial charge in [-0.3, -0.25) is 9.59 Å². The maximum atomic E-state index is 13.0. The van der Waals surface area contributed by atoms with Gasteiger partial charge in [0.25, 0.3) is 0 Å². The van der Waals surface area contributed by atoms with Gasteiger partial charge in [0.2, 0.25) is 21.8 Å². The molecule has 0 bridgehead atoms. The molecule has 2 aromatic carbocycles. The van der Waals surface area contributed by atoms with Gasteiger partial charge in [0.05, 0.1) is 18.0 Å². The Morgan fingerprint density at radius 3 is 2.31 bits per heavy atom. The molecule has 35 heavy (non-hydrogen) atoms. The number of anilines is 1. The fraction of sp³-hybridized carbons (Fsp3) is 0.455. The molecule has 0 unspecified atom stereocenters. The van der Waals surface area contributed by atoms with Crippen molar-refractivity contribution >= 4 is 38.3 Å². The summed E-state index contributed by atoms with van der Waals surface area (Å²) in [6.07, 6.45) is -5.61. The van der Waals surface area contributed by atoms with Crippen molar-refractivity contribution in [1.82, 2.24) is 15.4 Å². The van der Waals surface area contributed by atoms with Gasteiger partial charge in [0, 0.05) is 37.5 Å². The average molecular weight is 511 g/mol. The number of amides is 2. The van der Waals surface area contributed by atoms with Gasteiger partial charge in [-0.15, -0.1) is 0 Å². The molecule has 6 N–H and O–H groups in total.